The van der Waals surface area contributed by atoms with Crippen LogP contribution in [0.1, 0.15) is 46.5 Å². The third-order valence-corrected chi connectivity index (χ3v) is 4.80. The fraction of sp³-hybridized carbons (Fsp3) is 0.611. The van der Waals surface area contributed by atoms with Crippen LogP contribution in [0, 0.1) is 10.1 Å². The van der Waals surface area contributed by atoms with Crippen molar-refractivity contribution in [3.63, 3.8) is 0 Å². The topological polar surface area (TPSA) is 84.7 Å². The molecule has 3 rings (SSSR count). The zero-order chi connectivity index (χ0) is 18.2. The van der Waals surface area contributed by atoms with E-state index in [1.807, 2.05) is 25.7 Å². The lowest BCUT2D eigenvalue weighted by molar-refractivity contribution is -0.384. The quantitative estimate of drug-likeness (QED) is 0.661. The van der Waals surface area contributed by atoms with Gasteiger partial charge in [0.05, 0.1) is 4.92 Å². The molecule has 0 spiro atoms. The van der Waals surface area contributed by atoms with Crippen LogP contribution in [-0.2, 0) is 4.74 Å². The summed E-state index contributed by atoms with van der Waals surface area (Å²) in [5, 5.41) is 14.5. The van der Waals surface area contributed by atoms with Crippen molar-refractivity contribution < 1.29 is 14.5 Å². The van der Waals surface area contributed by atoms with Crippen LogP contribution in [0.4, 0.5) is 16.2 Å². The van der Waals surface area contributed by atoms with Crippen molar-refractivity contribution in [2.45, 2.75) is 70.2 Å². The Labute approximate surface area is 147 Å². The van der Waals surface area contributed by atoms with Crippen LogP contribution in [0.3, 0.4) is 0 Å². The fourth-order valence-corrected chi connectivity index (χ4v) is 3.88. The van der Waals surface area contributed by atoms with E-state index in [-0.39, 0.29) is 34.8 Å². The summed E-state index contributed by atoms with van der Waals surface area (Å²) >= 11 is 0. The van der Waals surface area contributed by atoms with Gasteiger partial charge in [-0.1, -0.05) is 12.1 Å². The van der Waals surface area contributed by atoms with Crippen molar-refractivity contribution in [2.24, 2.45) is 0 Å². The molecule has 2 unspecified atom stereocenters. The van der Waals surface area contributed by atoms with Gasteiger partial charge >= 0.3 is 6.09 Å². The number of hydrogen-bond donors (Lipinski definition) is 1. The number of carbonyl (C=O) groups is 1. The second-order valence-electron chi connectivity index (χ2n) is 7.86. The Hall–Kier alpha value is -2.31. The summed E-state index contributed by atoms with van der Waals surface area (Å²) in [6, 6.07) is 7.09. The van der Waals surface area contributed by atoms with Gasteiger partial charge in [0.25, 0.3) is 5.69 Å². The third-order valence-electron chi connectivity index (χ3n) is 4.80. The van der Waals surface area contributed by atoms with Crippen LogP contribution in [0.2, 0.25) is 0 Å². The molecule has 2 atom stereocenters. The maximum atomic E-state index is 12.5. The summed E-state index contributed by atoms with van der Waals surface area (Å²) in [5.41, 5.74) is 0.128. The van der Waals surface area contributed by atoms with Crippen molar-refractivity contribution in [1.29, 1.82) is 0 Å². The normalized spacial score (nSPS) is 25.6. The molecule has 1 N–H and O–H groups in total. The number of piperidine rings is 1. The maximum Gasteiger partial charge on any atom is 0.410 e. The van der Waals surface area contributed by atoms with Crippen molar-refractivity contribution >= 4 is 17.5 Å². The Kier molecular flexibility index (Phi) is 4.58. The second kappa shape index (κ2) is 6.54. The van der Waals surface area contributed by atoms with Gasteiger partial charge in [0.1, 0.15) is 11.3 Å². The van der Waals surface area contributed by atoms with E-state index in [1.165, 1.54) is 6.07 Å². The number of rotatable bonds is 3. The summed E-state index contributed by atoms with van der Waals surface area (Å²) in [6.07, 6.45) is 3.23. The second-order valence-corrected chi connectivity index (χ2v) is 7.86. The molecule has 0 saturated carbocycles. The monoisotopic (exact) mass is 347 g/mol. The van der Waals surface area contributed by atoms with E-state index in [4.69, 9.17) is 4.74 Å². The van der Waals surface area contributed by atoms with Gasteiger partial charge in [-0.25, -0.2) is 4.79 Å². The highest BCUT2D eigenvalue weighted by atomic mass is 16.6. The summed E-state index contributed by atoms with van der Waals surface area (Å²) in [5.74, 6) is 0. The molecule has 2 fully saturated rings. The van der Waals surface area contributed by atoms with Gasteiger partial charge in [-0.3, -0.25) is 10.1 Å². The first-order valence-corrected chi connectivity index (χ1v) is 8.76. The van der Waals surface area contributed by atoms with E-state index in [2.05, 4.69) is 5.32 Å². The number of amides is 1. The van der Waals surface area contributed by atoms with Crippen LogP contribution >= 0.6 is 0 Å². The SMILES string of the molecule is CC(C)(C)OC(=O)N1C2CCC1CC(Nc1ccccc1[N+](=O)[O-])C2. The minimum atomic E-state index is -0.504. The van der Waals surface area contributed by atoms with E-state index in [0.29, 0.717) is 5.69 Å². The summed E-state index contributed by atoms with van der Waals surface area (Å²) in [7, 11) is 0. The van der Waals surface area contributed by atoms with Crippen LogP contribution in [-0.4, -0.2) is 39.6 Å². The molecule has 2 heterocycles. The number of ether oxygens (including phenoxy) is 1. The van der Waals surface area contributed by atoms with Gasteiger partial charge in [-0.2, -0.15) is 0 Å². The first kappa shape index (κ1) is 17.5. The number of carbonyl (C=O) groups excluding carboxylic acids is 1. The van der Waals surface area contributed by atoms with Crippen LogP contribution in [0.25, 0.3) is 0 Å². The molecule has 1 amide bonds. The van der Waals surface area contributed by atoms with Crippen molar-refractivity contribution in [3.8, 4) is 0 Å². The number of nitrogens with zero attached hydrogens (tertiary/aromatic N) is 2. The predicted octanol–water partition coefficient (Wildman–Crippen LogP) is 3.94. The molecule has 0 aromatic heterocycles. The highest BCUT2D eigenvalue weighted by Gasteiger charge is 2.45. The van der Waals surface area contributed by atoms with Crippen molar-refractivity contribution in [2.75, 3.05) is 5.32 Å². The number of anilines is 1. The number of benzene rings is 1. The molecule has 136 valence electrons. The van der Waals surface area contributed by atoms with Gasteiger partial charge in [-0.15, -0.1) is 0 Å². The molecule has 7 nitrogen and oxygen atoms in total. The molecule has 2 aliphatic rings. The average Bonchev–Trinajstić information content (AvgIpc) is 2.78. The minimum Gasteiger partial charge on any atom is -0.444 e. The average molecular weight is 347 g/mol. The number of nitro groups is 1. The molecule has 2 saturated heterocycles. The molecule has 7 heteroatoms. The lowest BCUT2D eigenvalue weighted by Gasteiger charge is -2.39. The molecular weight excluding hydrogens is 322 g/mol. The first-order valence-electron chi connectivity index (χ1n) is 8.76. The smallest absolute Gasteiger partial charge is 0.410 e. The van der Waals surface area contributed by atoms with Crippen LogP contribution < -0.4 is 5.32 Å². The molecule has 1 aromatic carbocycles. The molecular formula is C18H25N3O4. The molecule has 0 radical (unpaired) electrons. The molecule has 1 aromatic rings. The highest BCUT2D eigenvalue weighted by molar-refractivity contribution is 5.70. The fourth-order valence-electron chi connectivity index (χ4n) is 3.88. The Bertz CT molecular complexity index is 657. The minimum absolute atomic E-state index is 0.0874. The van der Waals surface area contributed by atoms with E-state index in [1.54, 1.807) is 18.2 Å². The number of fused-ring (bicyclic) bond motifs is 2. The van der Waals surface area contributed by atoms with Gasteiger partial charge in [-0.05, 0) is 52.5 Å². The largest absolute Gasteiger partial charge is 0.444 e. The zero-order valence-corrected chi connectivity index (χ0v) is 14.9. The van der Waals surface area contributed by atoms with E-state index < -0.39 is 5.60 Å². The van der Waals surface area contributed by atoms with Gasteiger partial charge < -0.3 is 15.0 Å². The number of nitrogens with one attached hydrogen (secondary N) is 1. The van der Waals surface area contributed by atoms with Gasteiger partial charge in [0.2, 0.25) is 0 Å². The summed E-state index contributed by atoms with van der Waals surface area (Å²) in [4.78, 5) is 25.2. The predicted molar refractivity (Wildman–Crippen MR) is 94.6 cm³/mol. The third kappa shape index (κ3) is 3.86. The zero-order valence-electron chi connectivity index (χ0n) is 14.9. The molecule has 0 aliphatic carbocycles. The van der Waals surface area contributed by atoms with E-state index >= 15 is 0 Å². The molecule has 2 bridgehead atoms. The molecule has 2 aliphatic heterocycles. The lowest BCUT2D eigenvalue weighted by Crippen LogP contribution is -2.51. The Morgan fingerprint density at radius 3 is 2.40 bits per heavy atom. The maximum absolute atomic E-state index is 12.5. The van der Waals surface area contributed by atoms with Crippen molar-refractivity contribution in [1.82, 2.24) is 4.90 Å². The molecule has 25 heavy (non-hydrogen) atoms. The van der Waals surface area contributed by atoms with Crippen LogP contribution in [0.5, 0.6) is 0 Å². The number of nitro benzene ring substituents is 1. The Morgan fingerprint density at radius 1 is 1.24 bits per heavy atom. The van der Waals surface area contributed by atoms with Crippen LogP contribution in [0.15, 0.2) is 24.3 Å². The summed E-state index contributed by atoms with van der Waals surface area (Å²) < 4.78 is 5.54. The highest BCUT2D eigenvalue weighted by Crippen LogP contribution is 2.38. The Balaban J connectivity index is 1.68. The number of para-hydroxylation sites is 2. The van der Waals surface area contributed by atoms with Gasteiger partial charge in [0.15, 0.2) is 0 Å². The van der Waals surface area contributed by atoms with Gasteiger partial charge in [0, 0.05) is 24.2 Å². The summed E-state index contributed by atoms with van der Waals surface area (Å²) in [6.45, 7) is 5.61. The van der Waals surface area contributed by atoms with E-state index in [9.17, 15) is 14.9 Å². The Morgan fingerprint density at radius 2 is 1.84 bits per heavy atom. The number of hydrogen-bond acceptors (Lipinski definition) is 5. The van der Waals surface area contributed by atoms with E-state index in [0.717, 1.165) is 25.7 Å². The standard InChI is InChI=1S/C18H25N3O4/c1-18(2,3)25-17(22)20-13-8-9-14(20)11-12(10-13)19-15-6-4-5-7-16(15)21(23)24/h4-7,12-14,19H,8-11H2,1-3H3. The first-order chi connectivity index (χ1) is 11.7. The van der Waals surface area contributed by atoms with Crippen molar-refractivity contribution in [3.05, 3.63) is 34.4 Å². The lowest BCUT2D eigenvalue weighted by atomic mass is 9.97.